The van der Waals surface area contributed by atoms with E-state index in [0.717, 1.165) is 22.4 Å². The first-order valence-corrected chi connectivity index (χ1v) is 11.8. The monoisotopic (exact) mass is 434 g/mol. The van der Waals surface area contributed by atoms with E-state index in [-0.39, 0.29) is 29.7 Å². The summed E-state index contributed by atoms with van der Waals surface area (Å²) in [5, 5.41) is 1.88. The highest BCUT2D eigenvalue weighted by Gasteiger charge is 2.64. The maximum Gasteiger partial charge on any atom is 0.236 e. The van der Waals surface area contributed by atoms with E-state index in [9.17, 15) is 14.4 Å². The molecule has 3 aliphatic rings. The van der Waals surface area contributed by atoms with Crippen LogP contribution in [-0.4, -0.2) is 40.6 Å². The summed E-state index contributed by atoms with van der Waals surface area (Å²) >= 11 is 1.39. The van der Waals surface area contributed by atoms with Crippen molar-refractivity contribution in [1.29, 1.82) is 0 Å². The molecule has 5 atom stereocenters. The number of fused-ring (bicyclic) bond motifs is 5. The van der Waals surface area contributed by atoms with Gasteiger partial charge in [0.15, 0.2) is 5.78 Å². The van der Waals surface area contributed by atoms with E-state index in [4.69, 9.17) is 0 Å². The molecule has 0 unspecified atom stereocenters. The van der Waals surface area contributed by atoms with E-state index in [1.54, 1.807) is 0 Å². The van der Waals surface area contributed by atoms with E-state index in [2.05, 4.69) is 17.0 Å². The van der Waals surface area contributed by atoms with E-state index in [0.29, 0.717) is 11.3 Å². The molecule has 4 heterocycles. The lowest BCUT2D eigenvalue weighted by atomic mass is 9.86. The molecule has 0 radical (unpaired) electrons. The van der Waals surface area contributed by atoms with Crippen LogP contribution in [0.1, 0.15) is 48.0 Å². The summed E-state index contributed by atoms with van der Waals surface area (Å²) in [5.74, 6) is -1.59. The van der Waals surface area contributed by atoms with Crippen LogP contribution in [0.3, 0.4) is 0 Å². The fourth-order valence-electron chi connectivity index (χ4n) is 5.46. The van der Waals surface area contributed by atoms with E-state index >= 15 is 0 Å². The predicted octanol–water partition coefficient (Wildman–Crippen LogP) is 4.31. The number of anilines is 1. The molecule has 0 bridgehead atoms. The quantitative estimate of drug-likeness (QED) is 0.531. The number of aryl methyl sites for hydroxylation is 1. The SMILES string of the molecule is CC[C@@H](C)N1C(=O)[C@@H]2[C@@H](C1=O)[C@@H]1C=C(C)c3cc(C)ccc3N1[C@@H]2C(=O)c1cccs1. The Morgan fingerprint density at radius 2 is 1.87 bits per heavy atom. The Balaban J connectivity index is 1.69. The average Bonchev–Trinajstić information content (AvgIpc) is 3.44. The second kappa shape index (κ2) is 7.16. The van der Waals surface area contributed by atoms with Crippen molar-refractivity contribution >= 4 is 40.2 Å². The fourth-order valence-corrected chi connectivity index (χ4v) is 6.16. The molecule has 2 amide bonds. The second-order valence-corrected chi connectivity index (χ2v) is 9.86. The molecule has 3 aliphatic heterocycles. The number of benzene rings is 1. The number of thiophene rings is 1. The highest BCUT2D eigenvalue weighted by Crippen LogP contribution is 2.51. The molecule has 5 nitrogen and oxygen atoms in total. The van der Waals surface area contributed by atoms with Gasteiger partial charge < -0.3 is 4.90 Å². The van der Waals surface area contributed by atoms with Crippen LogP contribution in [0.5, 0.6) is 0 Å². The standard InChI is InChI=1S/C25H26N2O3S/c1-5-15(4)26-24(29)20-18-12-14(3)16-11-13(2)8-9-17(16)27(18)22(21(20)25(26)30)23(28)19-7-6-10-31-19/h6-12,15,18,20-22H,5H2,1-4H3/t15-,18+,20+,21-,22+/m1/s1. The van der Waals surface area contributed by atoms with Gasteiger partial charge in [0.05, 0.1) is 22.8 Å². The van der Waals surface area contributed by atoms with Crippen molar-refractivity contribution in [3.05, 3.63) is 57.8 Å². The lowest BCUT2D eigenvalue weighted by Crippen LogP contribution is -2.50. The van der Waals surface area contributed by atoms with Crippen molar-refractivity contribution in [1.82, 2.24) is 4.90 Å². The molecule has 0 spiro atoms. The van der Waals surface area contributed by atoms with Crippen LogP contribution in [0.15, 0.2) is 41.8 Å². The molecule has 6 heteroatoms. The van der Waals surface area contributed by atoms with E-state index in [1.807, 2.05) is 57.3 Å². The number of nitrogens with zero attached hydrogens (tertiary/aromatic N) is 2. The Morgan fingerprint density at radius 1 is 1.13 bits per heavy atom. The molecule has 1 aromatic heterocycles. The minimum atomic E-state index is -0.676. The van der Waals surface area contributed by atoms with Gasteiger partial charge >= 0.3 is 0 Å². The summed E-state index contributed by atoms with van der Waals surface area (Å²) in [6.45, 7) is 7.98. The number of allylic oxidation sites excluding steroid dienone is 1. The van der Waals surface area contributed by atoms with Crippen molar-refractivity contribution in [3.8, 4) is 0 Å². The lowest BCUT2D eigenvalue weighted by molar-refractivity contribution is -0.142. The Bertz CT molecular complexity index is 1120. The average molecular weight is 435 g/mol. The Labute approximate surface area is 186 Å². The molecule has 0 N–H and O–H groups in total. The second-order valence-electron chi connectivity index (χ2n) is 8.91. The van der Waals surface area contributed by atoms with Gasteiger partial charge in [-0.2, -0.15) is 0 Å². The van der Waals surface area contributed by atoms with E-state index < -0.39 is 17.9 Å². The van der Waals surface area contributed by atoms with Crippen LogP contribution in [-0.2, 0) is 9.59 Å². The number of hydrogen-bond donors (Lipinski definition) is 0. The van der Waals surface area contributed by atoms with E-state index in [1.165, 1.54) is 16.2 Å². The summed E-state index contributed by atoms with van der Waals surface area (Å²) in [7, 11) is 0. The summed E-state index contributed by atoms with van der Waals surface area (Å²) in [4.78, 5) is 44.9. The van der Waals surface area contributed by atoms with Crippen molar-refractivity contribution in [2.45, 2.75) is 52.2 Å². The zero-order chi connectivity index (χ0) is 22.0. The molecule has 2 saturated heterocycles. The molecule has 2 fully saturated rings. The topological polar surface area (TPSA) is 57.7 Å². The molecule has 2 aromatic rings. The molecule has 5 rings (SSSR count). The van der Waals surface area contributed by atoms with Gasteiger partial charge in [0.2, 0.25) is 11.8 Å². The largest absolute Gasteiger partial charge is 0.352 e. The highest BCUT2D eigenvalue weighted by atomic mass is 32.1. The molecular weight excluding hydrogens is 408 g/mol. The van der Waals surface area contributed by atoms with Crippen molar-refractivity contribution in [3.63, 3.8) is 0 Å². The number of imide groups is 1. The van der Waals surface area contributed by atoms with Crippen LogP contribution < -0.4 is 4.90 Å². The molecule has 0 aliphatic carbocycles. The first kappa shape index (κ1) is 20.2. The number of amides is 2. The van der Waals surface area contributed by atoms with Gasteiger partial charge in [-0.15, -0.1) is 11.3 Å². The van der Waals surface area contributed by atoms with Gasteiger partial charge in [0.1, 0.15) is 6.04 Å². The van der Waals surface area contributed by atoms with Gasteiger partial charge in [-0.25, -0.2) is 0 Å². The minimum Gasteiger partial charge on any atom is -0.352 e. The van der Waals surface area contributed by atoms with Gasteiger partial charge in [-0.05, 0) is 56.3 Å². The van der Waals surface area contributed by atoms with Gasteiger partial charge in [0.25, 0.3) is 0 Å². The fraction of sp³-hybridized carbons (Fsp3) is 0.400. The summed E-state index contributed by atoms with van der Waals surface area (Å²) in [6.07, 6.45) is 2.79. The Morgan fingerprint density at radius 3 is 2.55 bits per heavy atom. The lowest BCUT2D eigenvalue weighted by Gasteiger charge is -2.38. The normalized spacial score (nSPS) is 27.7. The number of rotatable bonds is 4. The highest BCUT2D eigenvalue weighted by molar-refractivity contribution is 7.12. The van der Waals surface area contributed by atoms with Crippen LogP contribution in [0.2, 0.25) is 0 Å². The first-order valence-electron chi connectivity index (χ1n) is 10.9. The maximum atomic E-state index is 13.7. The third-order valence-corrected chi connectivity index (χ3v) is 7.99. The van der Waals surface area contributed by atoms with Crippen LogP contribution in [0.25, 0.3) is 5.57 Å². The zero-order valence-electron chi connectivity index (χ0n) is 18.2. The Hall–Kier alpha value is -2.73. The number of carbonyl (C=O) groups excluding carboxylic acids is 3. The minimum absolute atomic E-state index is 0.0703. The van der Waals surface area contributed by atoms with Crippen LogP contribution in [0, 0.1) is 18.8 Å². The van der Waals surface area contributed by atoms with Gasteiger partial charge in [0, 0.05) is 17.3 Å². The summed E-state index contributed by atoms with van der Waals surface area (Å²) in [6, 6.07) is 8.71. The number of Topliss-reactive ketones (excluding diaryl/α,β-unsaturated/α-hetero) is 1. The number of ketones is 1. The summed E-state index contributed by atoms with van der Waals surface area (Å²) < 4.78 is 0. The van der Waals surface area contributed by atoms with Crippen LogP contribution in [0.4, 0.5) is 5.69 Å². The first-order chi connectivity index (χ1) is 14.8. The Kier molecular flexibility index (Phi) is 4.66. The van der Waals surface area contributed by atoms with Gasteiger partial charge in [-0.1, -0.05) is 30.7 Å². The summed E-state index contributed by atoms with van der Waals surface area (Å²) in [5.41, 5.74) is 4.24. The maximum absolute atomic E-state index is 13.7. The molecule has 0 saturated carbocycles. The van der Waals surface area contributed by atoms with Crippen molar-refractivity contribution in [2.24, 2.45) is 11.8 Å². The molecule has 160 valence electrons. The number of hydrogen-bond acceptors (Lipinski definition) is 5. The molecular formula is C25H26N2O3S. The van der Waals surface area contributed by atoms with Gasteiger partial charge in [-0.3, -0.25) is 19.3 Å². The van der Waals surface area contributed by atoms with Crippen LogP contribution >= 0.6 is 11.3 Å². The molecule has 1 aromatic carbocycles. The smallest absolute Gasteiger partial charge is 0.236 e. The number of likely N-dealkylation sites (tertiary alicyclic amines) is 1. The van der Waals surface area contributed by atoms with Crippen molar-refractivity contribution < 1.29 is 14.4 Å². The van der Waals surface area contributed by atoms with Crippen molar-refractivity contribution in [2.75, 3.05) is 4.90 Å². The third kappa shape index (κ3) is 2.77. The third-order valence-electron chi connectivity index (χ3n) is 7.10. The molecule has 31 heavy (non-hydrogen) atoms. The number of carbonyl (C=O) groups is 3. The zero-order valence-corrected chi connectivity index (χ0v) is 19.0. The predicted molar refractivity (Wildman–Crippen MR) is 122 cm³/mol.